The highest BCUT2D eigenvalue weighted by Gasteiger charge is 2.19. The van der Waals surface area contributed by atoms with Gasteiger partial charge in [-0.3, -0.25) is 4.79 Å². The molecule has 3 N–H and O–H groups in total. The van der Waals surface area contributed by atoms with Gasteiger partial charge in [-0.05, 0) is 12.1 Å². The predicted octanol–water partition coefficient (Wildman–Crippen LogP) is -0.204. The molecule has 2 rings (SSSR count). The number of benzene rings is 1. The fourth-order valence-corrected chi connectivity index (χ4v) is 3.23. The van der Waals surface area contributed by atoms with Crippen LogP contribution in [0, 0.1) is 0 Å². The Hall–Kier alpha value is -1.64. The van der Waals surface area contributed by atoms with Crippen molar-refractivity contribution in [2.45, 2.75) is 11.3 Å². The van der Waals surface area contributed by atoms with Crippen LogP contribution in [0.3, 0.4) is 0 Å². The molecule has 0 bridgehead atoms. The summed E-state index contributed by atoms with van der Waals surface area (Å²) in [7, 11) is -3.69. The third kappa shape index (κ3) is 4.16. The van der Waals surface area contributed by atoms with Crippen LogP contribution in [0.5, 0.6) is 0 Å². The van der Waals surface area contributed by atoms with Gasteiger partial charge in [0.1, 0.15) is 4.90 Å². The smallest absolute Gasteiger partial charge is 0.242 e. The Morgan fingerprint density at radius 2 is 1.95 bits per heavy atom. The number of anilines is 1. The van der Waals surface area contributed by atoms with E-state index in [1.807, 2.05) is 0 Å². The molecule has 0 aliphatic carbocycles. The first kappa shape index (κ1) is 15.7. The first-order valence-electron chi connectivity index (χ1n) is 6.70. The van der Waals surface area contributed by atoms with Gasteiger partial charge in [0, 0.05) is 26.1 Å². The third-order valence-corrected chi connectivity index (χ3v) is 4.74. The highest BCUT2D eigenvalue weighted by molar-refractivity contribution is 7.89. The Labute approximate surface area is 124 Å². The van der Waals surface area contributed by atoms with Crippen molar-refractivity contribution in [2.24, 2.45) is 0 Å². The zero-order valence-corrected chi connectivity index (χ0v) is 12.4. The lowest BCUT2D eigenvalue weighted by Crippen LogP contribution is -2.42. The van der Waals surface area contributed by atoms with Gasteiger partial charge in [-0.1, -0.05) is 12.1 Å². The molecule has 21 heavy (non-hydrogen) atoms. The molecule has 1 aromatic carbocycles. The van der Waals surface area contributed by atoms with Crippen molar-refractivity contribution in [1.29, 1.82) is 0 Å². The van der Waals surface area contributed by atoms with Crippen LogP contribution in [0.2, 0.25) is 0 Å². The second-order valence-electron chi connectivity index (χ2n) is 4.68. The summed E-state index contributed by atoms with van der Waals surface area (Å²) >= 11 is 0. The van der Waals surface area contributed by atoms with Crippen LogP contribution in [-0.4, -0.2) is 52.1 Å². The Balaban J connectivity index is 1.88. The number of carbonyl (C=O) groups excluding carboxylic acids is 1. The van der Waals surface area contributed by atoms with E-state index in [0.717, 1.165) is 0 Å². The number of nitrogens with one attached hydrogen (secondary N) is 1. The summed E-state index contributed by atoms with van der Waals surface area (Å²) in [5, 5.41) is 0. The SMILES string of the molecule is Nc1ccccc1S(=O)(=O)NCCC(=O)N1CCOCC1. The van der Waals surface area contributed by atoms with Crippen LogP contribution in [0.15, 0.2) is 29.2 Å². The molecule has 1 amide bonds. The van der Waals surface area contributed by atoms with Gasteiger partial charge in [0.05, 0.1) is 18.9 Å². The molecule has 0 radical (unpaired) electrons. The van der Waals surface area contributed by atoms with Crippen LogP contribution >= 0.6 is 0 Å². The number of nitrogens with zero attached hydrogens (tertiary/aromatic N) is 1. The summed E-state index contributed by atoms with van der Waals surface area (Å²) in [5.74, 6) is -0.0815. The number of nitrogen functional groups attached to an aromatic ring is 1. The van der Waals surface area contributed by atoms with Crippen molar-refractivity contribution in [3.63, 3.8) is 0 Å². The van der Waals surface area contributed by atoms with Crippen molar-refractivity contribution < 1.29 is 17.9 Å². The maximum absolute atomic E-state index is 12.1. The summed E-state index contributed by atoms with van der Waals surface area (Å²) in [6, 6.07) is 6.22. The van der Waals surface area contributed by atoms with Gasteiger partial charge in [-0.25, -0.2) is 13.1 Å². The topological polar surface area (TPSA) is 102 Å². The normalized spacial score (nSPS) is 15.9. The first-order chi connectivity index (χ1) is 10.0. The minimum Gasteiger partial charge on any atom is -0.398 e. The number of sulfonamides is 1. The van der Waals surface area contributed by atoms with E-state index in [0.29, 0.717) is 26.3 Å². The summed E-state index contributed by atoms with van der Waals surface area (Å²) < 4.78 is 31.7. The maximum atomic E-state index is 12.1. The zero-order valence-electron chi connectivity index (χ0n) is 11.6. The fraction of sp³-hybridized carbons (Fsp3) is 0.462. The highest BCUT2D eigenvalue weighted by atomic mass is 32.2. The molecular formula is C13H19N3O4S. The molecule has 7 nitrogen and oxygen atoms in total. The Morgan fingerprint density at radius 1 is 1.29 bits per heavy atom. The number of hydrogen-bond acceptors (Lipinski definition) is 5. The van der Waals surface area contributed by atoms with Crippen LogP contribution < -0.4 is 10.5 Å². The van der Waals surface area contributed by atoms with Gasteiger partial charge in [0.15, 0.2) is 0 Å². The van der Waals surface area contributed by atoms with Crippen molar-refractivity contribution in [1.82, 2.24) is 9.62 Å². The van der Waals surface area contributed by atoms with Crippen molar-refractivity contribution in [2.75, 3.05) is 38.6 Å². The standard InChI is InChI=1S/C13H19N3O4S/c14-11-3-1-2-4-12(11)21(18,19)15-6-5-13(17)16-7-9-20-10-8-16/h1-4,15H,5-10,14H2. The number of nitrogens with two attached hydrogens (primary N) is 1. The number of amides is 1. The van der Waals surface area contributed by atoms with E-state index in [9.17, 15) is 13.2 Å². The second kappa shape index (κ2) is 6.88. The van der Waals surface area contributed by atoms with Gasteiger partial charge in [0.25, 0.3) is 0 Å². The number of hydrogen-bond donors (Lipinski definition) is 2. The minimum atomic E-state index is -3.69. The van der Waals surface area contributed by atoms with E-state index in [-0.39, 0.29) is 29.5 Å². The first-order valence-corrected chi connectivity index (χ1v) is 8.19. The fourth-order valence-electron chi connectivity index (χ4n) is 2.07. The summed E-state index contributed by atoms with van der Waals surface area (Å²) in [4.78, 5) is 13.6. The Morgan fingerprint density at radius 3 is 2.62 bits per heavy atom. The highest BCUT2D eigenvalue weighted by Crippen LogP contribution is 2.16. The molecule has 1 saturated heterocycles. The second-order valence-corrected chi connectivity index (χ2v) is 6.41. The van der Waals surface area contributed by atoms with Crippen LogP contribution in [-0.2, 0) is 19.6 Å². The Kier molecular flexibility index (Phi) is 5.16. The monoisotopic (exact) mass is 313 g/mol. The van der Waals surface area contributed by atoms with Crippen LogP contribution in [0.25, 0.3) is 0 Å². The maximum Gasteiger partial charge on any atom is 0.242 e. The number of morpholine rings is 1. The molecule has 0 aromatic heterocycles. The lowest BCUT2D eigenvalue weighted by Gasteiger charge is -2.26. The summed E-state index contributed by atoms with van der Waals surface area (Å²) in [5.41, 5.74) is 5.83. The molecule has 1 heterocycles. The van der Waals surface area contributed by atoms with Crippen molar-refractivity contribution in [3.8, 4) is 0 Å². The molecule has 0 spiro atoms. The van der Waals surface area contributed by atoms with E-state index in [1.165, 1.54) is 12.1 Å². The average molecular weight is 313 g/mol. The molecular weight excluding hydrogens is 294 g/mol. The van der Waals surface area contributed by atoms with E-state index in [2.05, 4.69) is 4.72 Å². The number of ether oxygens (including phenoxy) is 1. The summed E-state index contributed by atoms with van der Waals surface area (Å²) in [6.45, 7) is 2.21. The minimum absolute atomic E-state index is 0.0313. The number of para-hydroxylation sites is 1. The average Bonchev–Trinajstić information content (AvgIpc) is 2.48. The third-order valence-electron chi connectivity index (χ3n) is 3.20. The molecule has 1 aromatic rings. The Bertz CT molecular complexity index is 597. The number of rotatable bonds is 5. The predicted molar refractivity (Wildman–Crippen MR) is 78.1 cm³/mol. The zero-order chi connectivity index (χ0) is 15.3. The van der Waals surface area contributed by atoms with Crippen LogP contribution in [0.1, 0.15) is 6.42 Å². The van der Waals surface area contributed by atoms with Gasteiger partial charge < -0.3 is 15.4 Å². The molecule has 8 heteroatoms. The van der Waals surface area contributed by atoms with E-state index in [4.69, 9.17) is 10.5 Å². The molecule has 0 atom stereocenters. The molecule has 0 unspecified atom stereocenters. The lowest BCUT2D eigenvalue weighted by molar-refractivity contribution is -0.135. The quantitative estimate of drug-likeness (QED) is 0.733. The number of carbonyl (C=O) groups is 1. The van der Waals surface area contributed by atoms with Gasteiger partial charge >= 0.3 is 0 Å². The van der Waals surface area contributed by atoms with Crippen molar-refractivity contribution in [3.05, 3.63) is 24.3 Å². The van der Waals surface area contributed by atoms with Gasteiger partial charge in [0.2, 0.25) is 15.9 Å². The van der Waals surface area contributed by atoms with E-state index in [1.54, 1.807) is 17.0 Å². The summed E-state index contributed by atoms with van der Waals surface area (Å²) in [6.07, 6.45) is 0.117. The molecule has 116 valence electrons. The van der Waals surface area contributed by atoms with Gasteiger partial charge in [-0.15, -0.1) is 0 Å². The molecule has 1 aliphatic heterocycles. The largest absolute Gasteiger partial charge is 0.398 e. The van der Waals surface area contributed by atoms with E-state index < -0.39 is 10.0 Å². The van der Waals surface area contributed by atoms with Crippen LogP contribution in [0.4, 0.5) is 5.69 Å². The molecule has 0 saturated carbocycles. The van der Waals surface area contributed by atoms with Crippen molar-refractivity contribution >= 4 is 21.6 Å². The molecule has 1 fully saturated rings. The van der Waals surface area contributed by atoms with Gasteiger partial charge in [-0.2, -0.15) is 0 Å². The van der Waals surface area contributed by atoms with E-state index >= 15 is 0 Å². The molecule has 1 aliphatic rings. The lowest BCUT2D eigenvalue weighted by atomic mass is 10.3.